The molecule has 0 unspecified atom stereocenters. The summed E-state index contributed by atoms with van der Waals surface area (Å²) in [6.07, 6.45) is 6.33. The van der Waals surface area contributed by atoms with E-state index < -0.39 is 0 Å². The van der Waals surface area contributed by atoms with Crippen molar-refractivity contribution < 1.29 is 10.2 Å². The van der Waals surface area contributed by atoms with Gasteiger partial charge >= 0.3 is 0 Å². The zero-order valence-electron chi connectivity index (χ0n) is 16.7. The second-order valence-corrected chi connectivity index (χ2v) is 7.36. The molecule has 7 heteroatoms. The molecule has 28 heavy (non-hydrogen) atoms. The van der Waals surface area contributed by atoms with Crippen molar-refractivity contribution in [3.05, 3.63) is 24.3 Å². The third-order valence-electron chi connectivity index (χ3n) is 5.28. The van der Waals surface area contributed by atoms with Crippen molar-refractivity contribution in [2.24, 2.45) is 0 Å². The fourth-order valence-electron chi connectivity index (χ4n) is 3.78. The summed E-state index contributed by atoms with van der Waals surface area (Å²) in [7, 11) is 0. The number of benzene rings is 1. The van der Waals surface area contributed by atoms with Crippen molar-refractivity contribution in [1.29, 1.82) is 0 Å². The molecule has 0 saturated carbocycles. The maximum atomic E-state index is 9.15. The Bertz CT molecular complexity index is 713. The average Bonchev–Trinajstić information content (AvgIpc) is 2.68. The molecule has 1 aromatic carbocycles. The van der Waals surface area contributed by atoms with Crippen LogP contribution in [-0.2, 0) is 0 Å². The smallest absolute Gasteiger partial charge is 0.225 e. The summed E-state index contributed by atoms with van der Waals surface area (Å²) in [5.74, 6) is 1.67. The molecule has 0 atom stereocenters. The van der Waals surface area contributed by atoms with Crippen molar-refractivity contribution in [3.8, 4) is 0 Å². The van der Waals surface area contributed by atoms with E-state index in [0.29, 0.717) is 25.6 Å². The van der Waals surface area contributed by atoms with Gasteiger partial charge in [-0.25, -0.2) is 4.98 Å². The molecule has 2 heterocycles. The number of nitrogens with one attached hydrogen (secondary N) is 1. The molecule has 1 fully saturated rings. The van der Waals surface area contributed by atoms with Crippen molar-refractivity contribution in [3.63, 3.8) is 0 Å². The zero-order chi connectivity index (χ0) is 19.6. The Morgan fingerprint density at radius 3 is 2.29 bits per heavy atom. The Morgan fingerprint density at radius 1 is 0.893 bits per heavy atom. The number of hydrogen-bond acceptors (Lipinski definition) is 7. The lowest BCUT2D eigenvalue weighted by Crippen LogP contribution is -2.34. The zero-order valence-corrected chi connectivity index (χ0v) is 16.7. The summed E-state index contributed by atoms with van der Waals surface area (Å²) < 4.78 is 0. The van der Waals surface area contributed by atoms with Crippen LogP contribution in [0.5, 0.6) is 0 Å². The topological polar surface area (TPSA) is 84.8 Å². The number of aliphatic hydroxyl groups excluding tert-OH is 2. The van der Waals surface area contributed by atoms with Crippen LogP contribution in [0.15, 0.2) is 24.3 Å². The van der Waals surface area contributed by atoms with Gasteiger partial charge in [-0.15, -0.1) is 0 Å². The molecule has 0 bridgehead atoms. The van der Waals surface area contributed by atoms with Gasteiger partial charge in [0.05, 0.1) is 18.7 Å². The first kappa shape index (κ1) is 20.8. The molecular weight excluding hydrogens is 354 g/mol. The van der Waals surface area contributed by atoms with Crippen LogP contribution < -0.4 is 10.2 Å². The lowest BCUT2D eigenvalue weighted by atomic mass is 10.1. The maximum Gasteiger partial charge on any atom is 0.225 e. The van der Waals surface area contributed by atoms with E-state index >= 15 is 0 Å². The minimum Gasteiger partial charge on any atom is -0.395 e. The first-order valence-electron chi connectivity index (χ1n) is 10.5. The fraction of sp³-hybridized carbons (Fsp3) is 0.619. The third-order valence-corrected chi connectivity index (χ3v) is 5.28. The number of para-hydroxylation sites is 1. The molecular formula is C21H33N5O2. The van der Waals surface area contributed by atoms with E-state index in [-0.39, 0.29) is 13.2 Å². The predicted octanol–water partition coefficient (Wildman–Crippen LogP) is 2.10. The SMILES string of the molecule is OCCN(CCO)CCNc1nc(N2CCCCCCC2)c2ccccc2n1. The van der Waals surface area contributed by atoms with E-state index in [0.717, 1.165) is 36.4 Å². The molecule has 0 amide bonds. The lowest BCUT2D eigenvalue weighted by molar-refractivity contribution is 0.165. The van der Waals surface area contributed by atoms with E-state index in [1.807, 2.05) is 23.1 Å². The third kappa shape index (κ3) is 5.77. The van der Waals surface area contributed by atoms with E-state index in [9.17, 15) is 0 Å². The van der Waals surface area contributed by atoms with Crippen LogP contribution >= 0.6 is 0 Å². The van der Waals surface area contributed by atoms with Crippen LogP contribution in [0.4, 0.5) is 11.8 Å². The second-order valence-electron chi connectivity index (χ2n) is 7.36. The lowest BCUT2D eigenvalue weighted by Gasteiger charge is -2.27. The molecule has 1 saturated heterocycles. The van der Waals surface area contributed by atoms with Gasteiger partial charge in [0.1, 0.15) is 5.82 Å². The van der Waals surface area contributed by atoms with E-state index in [1.54, 1.807) is 0 Å². The number of nitrogens with zero attached hydrogens (tertiary/aromatic N) is 4. The maximum absolute atomic E-state index is 9.15. The molecule has 0 radical (unpaired) electrons. The Kier molecular flexibility index (Phi) is 8.26. The van der Waals surface area contributed by atoms with Gasteiger partial charge in [-0.05, 0) is 25.0 Å². The molecule has 1 aliphatic heterocycles. The van der Waals surface area contributed by atoms with Crippen molar-refractivity contribution in [2.75, 3.05) is 62.7 Å². The van der Waals surface area contributed by atoms with Gasteiger partial charge in [-0.3, -0.25) is 4.90 Å². The van der Waals surface area contributed by atoms with Gasteiger partial charge < -0.3 is 20.4 Å². The Hall–Kier alpha value is -1.96. The van der Waals surface area contributed by atoms with E-state index in [4.69, 9.17) is 20.2 Å². The summed E-state index contributed by atoms with van der Waals surface area (Å²) in [5, 5.41) is 22.7. The summed E-state index contributed by atoms with van der Waals surface area (Å²) in [6, 6.07) is 8.21. The van der Waals surface area contributed by atoms with E-state index in [1.165, 1.54) is 32.1 Å². The number of rotatable bonds is 9. The molecule has 1 aromatic heterocycles. The normalized spacial score (nSPS) is 15.6. The first-order valence-corrected chi connectivity index (χ1v) is 10.5. The van der Waals surface area contributed by atoms with Crippen LogP contribution in [0, 0.1) is 0 Å². The molecule has 7 nitrogen and oxygen atoms in total. The largest absolute Gasteiger partial charge is 0.395 e. The standard InChI is InChI=1S/C21H33N5O2/c27-16-14-25(15-17-28)13-10-22-21-23-19-9-5-4-8-18(19)20(24-21)26-11-6-2-1-3-7-12-26/h4-5,8-9,27-28H,1-3,6-7,10-17H2,(H,22,23,24). The van der Waals surface area contributed by atoms with Gasteiger partial charge in [0.2, 0.25) is 5.95 Å². The number of aromatic nitrogens is 2. The Balaban J connectivity index is 1.75. The summed E-state index contributed by atoms with van der Waals surface area (Å²) in [5.41, 5.74) is 0.958. The minimum absolute atomic E-state index is 0.0889. The van der Waals surface area contributed by atoms with Gasteiger partial charge in [0, 0.05) is 44.7 Å². The van der Waals surface area contributed by atoms with Gasteiger partial charge in [-0.1, -0.05) is 31.4 Å². The van der Waals surface area contributed by atoms with E-state index in [2.05, 4.69) is 16.3 Å². The van der Waals surface area contributed by atoms with Crippen molar-refractivity contribution in [2.45, 2.75) is 32.1 Å². The molecule has 0 spiro atoms. The highest BCUT2D eigenvalue weighted by Gasteiger charge is 2.16. The molecule has 3 N–H and O–H groups in total. The van der Waals surface area contributed by atoms with Crippen molar-refractivity contribution in [1.82, 2.24) is 14.9 Å². The minimum atomic E-state index is 0.0889. The van der Waals surface area contributed by atoms with Crippen LogP contribution in [0.2, 0.25) is 0 Å². The highest BCUT2D eigenvalue weighted by molar-refractivity contribution is 5.90. The van der Waals surface area contributed by atoms with Gasteiger partial charge in [0.25, 0.3) is 0 Å². The fourth-order valence-corrected chi connectivity index (χ4v) is 3.78. The molecule has 154 valence electrons. The van der Waals surface area contributed by atoms with Crippen molar-refractivity contribution >= 4 is 22.7 Å². The monoisotopic (exact) mass is 387 g/mol. The Morgan fingerprint density at radius 2 is 1.57 bits per heavy atom. The van der Waals surface area contributed by atoms with Crippen LogP contribution in [0.1, 0.15) is 32.1 Å². The summed E-state index contributed by atoms with van der Waals surface area (Å²) in [6.45, 7) is 4.76. The first-order chi connectivity index (χ1) is 13.8. The molecule has 2 aromatic rings. The molecule has 1 aliphatic rings. The van der Waals surface area contributed by atoms with Gasteiger partial charge in [0.15, 0.2) is 0 Å². The predicted molar refractivity (Wildman–Crippen MR) is 114 cm³/mol. The molecule has 3 rings (SSSR count). The second kappa shape index (κ2) is 11.1. The van der Waals surface area contributed by atoms with Crippen LogP contribution in [0.3, 0.4) is 0 Å². The molecule has 0 aliphatic carbocycles. The number of anilines is 2. The quantitative estimate of drug-likeness (QED) is 0.608. The Labute approximate surface area is 167 Å². The highest BCUT2D eigenvalue weighted by atomic mass is 16.3. The number of hydrogen-bond donors (Lipinski definition) is 3. The van der Waals surface area contributed by atoms with Crippen LogP contribution in [-0.4, -0.2) is 77.6 Å². The summed E-state index contributed by atoms with van der Waals surface area (Å²) >= 11 is 0. The van der Waals surface area contributed by atoms with Crippen LogP contribution in [0.25, 0.3) is 10.9 Å². The number of aliphatic hydroxyl groups is 2. The van der Waals surface area contributed by atoms with Gasteiger partial charge in [-0.2, -0.15) is 4.98 Å². The highest BCUT2D eigenvalue weighted by Crippen LogP contribution is 2.27. The number of fused-ring (bicyclic) bond motifs is 1. The summed E-state index contributed by atoms with van der Waals surface area (Å²) in [4.78, 5) is 14.0. The average molecular weight is 388 g/mol.